The highest BCUT2D eigenvalue weighted by atomic mass is 16.5. The van der Waals surface area contributed by atoms with Crippen LogP contribution in [0.3, 0.4) is 0 Å². The number of ether oxygens (including phenoxy) is 1. The van der Waals surface area contributed by atoms with E-state index in [1.165, 1.54) is 32.1 Å². The topological polar surface area (TPSA) is 21.3 Å². The van der Waals surface area contributed by atoms with Gasteiger partial charge in [0, 0.05) is 13.2 Å². The fraction of sp³-hybridized carbons (Fsp3) is 1.00. The number of methoxy groups -OCH3 is 1. The molecule has 2 heteroatoms. The number of rotatable bonds is 1. The van der Waals surface area contributed by atoms with Crippen LogP contribution in [0.4, 0.5) is 0 Å². The van der Waals surface area contributed by atoms with Crippen LogP contribution in [-0.2, 0) is 4.74 Å². The van der Waals surface area contributed by atoms with Crippen molar-refractivity contribution in [1.29, 1.82) is 0 Å². The lowest BCUT2D eigenvalue weighted by Gasteiger charge is -2.56. The van der Waals surface area contributed by atoms with Gasteiger partial charge in [-0.2, -0.15) is 0 Å². The van der Waals surface area contributed by atoms with Gasteiger partial charge in [-0.25, -0.2) is 0 Å². The third-order valence-electron chi connectivity index (χ3n) is 4.00. The molecule has 2 saturated carbocycles. The highest BCUT2D eigenvalue weighted by Crippen LogP contribution is 2.49. The highest BCUT2D eigenvalue weighted by Gasteiger charge is 2.50. The lowest BCUT2D eigenvalue weighted by Crippen LogP contribution is -2.64. The molecule has 4 rings (SSSR count). The Labute approximate surface area is 73.7 Å². The normalized spacial score (nSPS) is 56.2. The number of hydrogen-bond acceptors (Lipinski definition) is 2. The Morgan fingerprint density at radius 3 is 2.33 bits per heavy atom. The van der Waals surface area contributed by atoms with E-state index < -0.39 is 0 Å². The van der Waals surface area contributed by atoms with E-state index in [1.54, 1.807) is 0 Å². The number of piperidine rings is 2. The largest absolute Gasteiger partial charge is 0.364 e. The van der Waals surface area contributed by atoms with Crippen LogP contribution in [0.15, 0.2) is 0 Å². The zero-order valence-corrected chi connectivity index (χ0v) is 7.68. The Bertz CT molecular complexity index is 167. The first-order chi connectivity index (χ1) is 5.80. The summed E-state index contributed by atoms with van der Waals surface area (Å²) >= 11 is 0. The maximum absolute atomic E-state index is 5.64. The summed E-state index contributed by atoms with van der Waals surface area (Å²) in [6.45, 7) is 0. The Balaban J connectivity index is 1.90. The quantitative estimate of drug-likeness (QED) is 0.639. The first-order valence-corrected chi connectivity index (χ1v) is 5.12. The third kappa shape index (κ3) is 0.882. The van der Waals surface area contributed by atoms with Gasteiger partial charge < -0.3 is 4.74 Å². The van der Waals surface area contributed by atoms with E-state index >= 15 is 0 Å². The first kappa shape index (κ1) is 7.34. The van der Waals surface area contributed by atoms with Crippen molar-refractivity contribution in [2.24, 2.45) is 11.8 Å². The molecule has 1 N–H and O–H groups in total. The lowest BCUT2D eigenvalue weighted by atomic mass is 9.63. The maximum Gasteiger partial charge on any atom is 0.119 e. The van der Waals surface area contributed by atoms with E-state index in [0.717, 1.165) is 17.9 Å². The van der Waals surface area contributed by atoms with E-state index in [-0.39, 0.29) is 5.72 Å². The summed E-state index contributed by atoms with van der Waals surface area (Å²) in [4.78, 5) is 0. The Morgan fingerprint density at radius 2 is 1.83 bits per heavy atom. The van der Waals surface area contributed by atoms with Crippen molar-refractivity contribution < 1.29 is 4.74 Å². The van der Waals surface area contributed by atoms with Crippen molar-refractivity contribution in [1.82, 2.24) is 5.32 Å². The molecule has 0 aromatic carbocycles. The monoisotopic (exact) mass is 167 g/mol. The van der Waals surface area contributed by atoms with Crippen molar-refractivity contribution >= 4 is 0 Å². The summed E-state index contributed by atoms with van der Waals surface area (Å²) in [6.07, 6.45) is 6.81. The van der Waals surface area contributed by atoms with Crippen LogP contribution >= 0.6 is 0 Å². The van der Waals surface area contributed by atoms with Crippen molar-refractivity contribution in [3.63, 3.8) is 0 Å². The number of nitrogens with one attached hydrogen (secondary N) is 1. The Kier molecular flexibility index (Phi) is 1.37. The van der Waals surface area contributed by atoms with Gasteiger partial charge in [0.25, 0.3) is 0 Å². The minimum absolute atomic E-state index is 0.0920. The van der Waals surface area contributed by atoms with Crippen LogP contribution in [0.2, 0.25) is 0 Å². The minimum atomic E-state index is 0.0920. The predicted octanol–water partition coefficient (Wildman–Crippen LogP) is 1.51. The molecule has 4 fully saturated rings. The summed E-state index contributed by atoms with van der Waals surface area (Å²) < 4.78 is 5.64. The van der Waals surface area contributed by atoms with Crippen molar-refractivity contribution in [2.45, 2.75) is 43.9 Å². The summed E-state index contributed by atoms with van der Waals surface area (Å²) in [6, 6.07) is 0.774. The average Bonchev–Trinajstić information content (AvgIpc) is 2.02. The molecule has 2 nitrogen and oxygen atoms in total. The van der Waals surface area contributed by atoms with Gasteiger partial charge in [-0.3, -0.25) is 5.32 Å². The van der Waals surface area contributed by atoms with E-state index in [1.807, 2.05) is 7.11 Å². The minimum Gasteiger partial charge on any atom is -0.364 e. The van der Waals surface area contributed by atoms with E-state index in [0.29, 0.717) is 0 Å². The standard InChI is InChI=1S/C10H17NO/c1-12-10-5-7-2-8(6-10)4-9(3-7)11-10/h7-9,11H,2-6H2,1H3. The van der Waals surface area contributed by atoms with E-state index in [2.05, 4.69) is 5.32 Å². The van der Waals surface area contributed by atoms with Gasteiger partial charge in [-0.1, -0.05) is 0 Å². The van der Waals surface area contributed by atoms with Crippen molar-refractivity contribution in [3.8, 4) is 0 Å². The van der Waals surface area contributed by atoms with Gasteiger partial charge in [0.2, 0.25) is 0 Å². The second kappa shape index (κ2) is 2.24. The average molecular weight is 167 g/mol. The second-order valence-electron chi connectivity index (χ2n) is 4.89. The van der Waals surface area contributed by atoms with Gasteiger partial charge in [-0.15, -0.1) is 0 Å². The summed E-state index contributed by atoms with van der Waals surface area (Å²) in [5.74, 6) is 1.92. The summed E-state index contributed by atoms with van der Waals surface area (Å²) in [5.41, 5.74) is 0.0920. The Hall–Kier alpha value is -0.0800. The Morgan fingerprint density at radius 1 is 1.17 bits per heavy atom. The molecule has 12 heavy (non-hydrogen) atoms. The molecule has 0 radical (unpaired) electrons. The zero-order valence-electron chi connectivity index (χ0n) is 7.68. The molecule has 2 aliphatic heterocycles. The molecule has 0 spiro atoms. The van der Waals surface area contributed by atoms with Gasteiger partial charge in [-0.05, 0) is 43.9 Å². The molecule has 2 unspecified atom stereocenters. The molecule has 4 bridgehead atoms. The second-order valence-corrected chi connectivity index (χ2v) is 4.89. The fourth-order valence-electron chi connectivity index (χ4n) is 3.75. The third-order valence-corrected chi connectivity index (χ3v) is 4.00. The molecular weight excluding hydrogens is 150 g/mol. The van der Waals surface area contributed by atoms with Gasteiger partial charge in [0.1, 0.15) is 5.72 Å². The van der Waals surface area contributed by atoms with Gasteiger partial charge >= 0.3 is 0 Å². The molecule has 68 valence electrons. The van der Waals surface area contributed by atoms with Crippen LogP contribution in [-0.4, -0.2) is 18.9 Å². The molecule has 0 aromatic rings. The molecule has 0 amide bonds. The van der Waals surface area contributed by atoms with Crippen LogP contribution in [0, 0.1) is 11.8 Å². The van der Waals surface area contributed by atoms with Crippen LogP contribution in [0.5, 0.6) is 0 Å². The van der Waals surface area contributed by atoms with Crippen molar-refractivity contribution in [2.75, 3.05) is 7.11 Å². The molecular formula is C10H17NO. The predicted molar refractivity (Wildman–Crippen MR) is 46.7 cm³/mol. The molecule has 2 atom stereocenters. The smallest absolute Gasteiger partial charge is 0.119 e. The van der Waals surface area contributed by atoms with E-state index in [9.17, 15) is 0 Å². The highest BCUT2D eigenvalue weighted by molar-refractivity contribution is 5.03. The molecule has 2 heterocycles. The molecule has 2 aliphatic carbocycles. The van der Waals surface area contributed by atoms with Crippen molar-refractivity contribution in [3.05, 3.63) is 0 Å². The summed E-state index contributed by atoms with van der Waals surface area (Å²) in [7, 11) is 1.86. The summed E-state index contributed by atoms with van der Waals surface area (Å²) in [5, 5.41) is 3.65. The molecule has 4 aliphatic rings. The van der Waals surface area contributed by atoms with Gasteiger partial charge in [0.05, 0.1) is 0 Å². The lowest BCUT2D eigenvalue weighted by molar-refractivity contribution is -0.154. The molecule has 2 saturated heterocycles. The maximum atomic E-state index is 5.64. The first-order valence-electron chi connectivity index (χ1n) is 5.12. The molecule has 0 aromatic heterocycles. The number of hydrogen-bond donors (Lipinski definition) is 1. The van der Waals surface area contributed by atoms with E-state index in [4.69, 9.17) is 4.74 Å². The fourth-order valence-corrected chi connectivity index (χ4v) is 3.75. The van der Waals surface area contributed by atoms with Crippen LogP contribution in [0.1, 0.15) is 32.1 Å². The zero-order chi connectivity index (χ0) is 8.18. The van der Waals surface area contributed by atoms with Crippen LogP contribution < -0.4 is 5.32 Å². The van der Waals surface area contributed by atoms with Gasteiger partial charge in [0.15, 0.2) is 0 Å². The van der Waals surface area contributed by atoms with Crippen LogP contribution in [0.25, 0.3) is 0 Å². The SMILES string of the molecule is COC12CC3CC(CC(C3)N1)C2.